The maximum atomic E-state index is 5.85. The SMILES string of the molecule is CCc1nc(C(OC)C2CCCCC2)sc1CNC1CC1. The molecule has 3 nitrogen and oxygen atoms in total. The Bertz CT molecular complexity index is 450. The van der Waals surface area contributed by atoms with Crippen molar-refractivity contribution < 1.29 is 4.74 Å². The second kappa shape index (κ2) is 7.21. The molecule has 0 bridgehead atoms. The number of hydrogen-bond acceptors (Lipinski definition) is 4. The number of nitrogens with one attached hydrogen (secondary N) is 1. The molecule has 1 unspecified atom stereocenters. The minimum atomic E-state index is 0.218. The zero-order valence-corrected chi connectivity index (χ0v) is 14.2. The third kappa shape index (κ3) is 3.85. The minimum absolute atomic E-state index is 0.218. The number of aromatic nitrogens is 1. The van der Waals surface area contributed by atoms with E-state index in [0.717, 1.165) is 19.0 Å². The summed E-state index contributed by atoms with van der Waals surface area (Å²) in [5.74, 6) is 0.670. The highest BCUT2D eigenvalue weighted by Crippen LogP contribution is 2.39. The Balaban J connectivity index is 1.72. The zero-order valence-electron chi connectivity index (χ0n) is 13.4. The molecule has 2 saturated carbocycles. The lowest BCUT2D eigenvalue weighted by Crippen LogP contribution is -2.17. The van der Waals surface area contributed by atoms with Crippen LogP contribution in [0.1, 0.15) is 73.6 Å². The normalized spacial score (nSPS) is 21.6. The smallest absolute Gasteiger partial charge is 0.122 e. The molecule has 2 fully saturated rings. The topological polar surface area (TPSA) is 34.1 Å². The van der Waals surface area contributed by atoms with Crippen LogP contribution in [0.2, 0.25) is 0 Å². The molecule has 1 atom stereocenters. The highest BCUT2D eigenvalue weighted by molar-refractivity contribution is 7.11. The van der Waals surface area contributed by atoms with E-state index >= 15 is 0 Å². The third-order valence-electron chi connectivity index (χ3n) is 4.83. The van der Waals surface area contributed by atoms with E-state index in [0.29, 0.717) is 5.92 Å². The van der Waals surface area contributed by atoms with E-state index in [1.165, 1.54) is 60.5 Å². The molecule has 4 heteroatoms. The van der Waals surface area contributed by atoms with Gasteiger partial charge in [0.15, 0.2) is 0 Å². The second-order valence-corrected chi connectivity index (χ2v) is 7.60. The van der Waals surface area contributed by atoms with Crippen LogP contribution in [0.25, 0.3) is 0 Å². The Labute approximate surface area is 132 Å². The Morgan fingerprint density at radius 1 is 1.24 bits per heavy atom. The maximum absolute atomic E-state index is 5.85. The fraction of sp³-hybridized carbons (Fsp3) is 0.824. The summed E-state index contributed by atoms with van der Waals surface area (Å²) in [6.07, 6.45) is 10.6. The van der Waals surface area contributed by atoms with Crippen LogP contribution in [0.4, 0.5) is 0 Å². The first-order valence-electron chi connectivity index (χ1n) is 8.56. The summed E-state index contributed by atoms with van der Waals surface area (Å²) in [6.45, 7) is 3.20. The summed E-state index contributed by atoms with van der Waals surface area (Å²) < 4.78 is 5.85. The summed E-state index contributed by atoms with van der Waals surface area (Å²) in [5.41, 5.74) is 1.28. The molecule has 0 radical (unpaired) electrons. The predicted octanol–water partition coefficient (Wildman–Crippen LogP) is 4.23. The van der Waals surface area contributed by atoms with Gasteiger partial charge >= 0.3 is 0 Å². The number of nitrogens with zero attached hydrogens (tertiary/aromatic N) is 1. The van der Waals surface area contributed by atoms with Gasteiger partial charge in [0.1, 0.15) is 11.1 Å². The molecule has 118 valence electrons. The molecule has 1 aromatic heterocycles. The lowest BCUT2D eigenvalue weighted by atomic mass is 9.85. The number of hydrogen-bond donors (Lipinski definition) is 1. The first-order valence-corrected chi connectivity index (χ1v) is 9.38. The molecular formula is C17H28N2OS. The van der Waals surface area contributed by atoms with Crippen molar-refractivity contribution in [2.24, 2.45) is 5.92 Å². The monoisotopic (exact) mass is 308 g/mol. The van der Waals surface area contributed by atoms with E-state index in [4.69, 9.17) is 9.72 Å². The van der Waals surface area contributed by atoms with Gasteiger partial charge in [0.05, 0.1) is 5.69 Å². The first kappa shape index (κ1) is 15.4. The van der Waals surface area contributed by atoms with Gasteiger partial charge in [0.25, 0.3) is 0 Å². The van der Waals surface area contributed by atoms with Gasteiger partial charge in [-0.25, -0.2) is 4.98 Å². The number of aryl methyl sites for hydroxylation is 1. The molecule has 0 amide bonds. The van der Waals surface area contributed by atoms with Crippen LogP contribution in [0.3, 0.4) is 0 Å². The average Bonchev–Trinajstić information content (AvgIpc) is 3.27. The van der Waals surface area contributed by atoms with Crippen LogP contribution in [0.5, 0.6) is 0 Å². The van der Waals surface area contributed by atoms with Gasteiger partial charge in [-0.1, -0.05) is 26.2 Å². The summed E-state index contributed by atoms with van der Waals surface area (Å²) in [4.78, 5) is 6.35. The van der Waals surface area contributed by atoms with Crippen LogP contribution in [-0.4, -0.2) is 18.1 Å². The molecule has 3 rings (SSSR count). The van der Waals surface area contributed by atoms with Crippen molar-refractivity contribution in [2.45, 2.75) is 77.0 Å². The molecule has 0 aliphatic heterocycles. The average molecular weight is 308 g/mol. The quantitative estimate of drug-likeness (QED) is 0.818. The molecular weight excluding hydrogens is 280 g/mol. The fourth-order valence-electron chi connectivity index (χ4n) is 3.40. The van der Waals surface area contributed by atoms with Crippen LogP contribution >= 0.6 is 11.3 Å². The van der Waals surface area contributed by atoms with Crippen molar-refractivity contribution >= 4 is 11.3 Å². The zero-order chi connectivity index (χ0) is 14.7. The molecule has 1 aromatic rings. The van der Waals surface area contributed by atoms with Crippen molar-refractivity contribution in [2.75, 3.05) is 7.11 Å². The van der Waals surface area contributed by atoms with Crippen LogP contribution in [0, 0.1) is 5.92 Å². The van der Waals surface area contributed by atoms with Crippen molar-refractivity contribution in [3.8, 4) is 0 Å². The van der Waals surface area contributed by atoms with Gasteiger partial charge < -0.3 is 10.1 Å². The van der Waals surface area contributed by atoms with E-state index in [2.05, 4.69) is 12.2 Å². The molecule has 2 aliphatic rings. The van der Waals surface area contributed by atoms with Gasteiger partial charge in [0.2, 0.25) is 0 Å². The van der Waals surface area contributed by atoms with Gasteiger partial charge in [-0.05, 0) is 38.0 Å². The standard InChI is InChI=1S/C17H28N2OS/c1-3-14-15(11-18-13-9-10-13)21-17(19-14)16(20-2)12-7-5-4-6-8-12/h12-13,16,18H,3-11H2,1-2H3. The number of rotatable bonds is 7. The maximum Gasteiger partial charge on any atom is 0.122 e. The molecule has 0 aromatic carbocycles. The van der Waals surface area contributed by atoms with E-state index in [1.807, 2.05) is 18.4 Å². The lowest BCUT2D eigenvalue weighted by Gasteiger charge is -2.27. The van der Waals surface area contributed by atoms with E-state index in [9.17, 15) is 0 Å². The largest absolute Gasteiger partial charge is 0.374 e. The highest BCUT2D eigenvalue weighted by atomic mass is 32.1. The predicted molar refractivity (Wildman–Crippen MR) is 87.7 cm³/mol. The van der Waals surface area contributed by atoms with Gasteiger partial charge in [0, 0.05) is 24.6 Å². The molecule has 0 saturated heterocycles. The Kier molecular flexibility index (Phi) is 5.30. The van der Waals surface area contributed by atoms with Gasteiger partial charge in [-0.2, -0.15) is 0 Å². The van der Waals surface area contributed by atoms with Gasteiger partial charge in [-0.3, -0.25) is 0 Å². The number of ether oxygens (including phenoxy) is 1. The van der Waals surface area contributed by atoms with Gasteiger partial charge in [-0.15, -0.1) is 11.3 Å². The van der Waals surface area contributed by atoms with E-state index < -0.39 is 0 Å². The van der Waals surface area contributed by atoms with Crippen molar-refractivity contribution in [3.05, 3.63) is 15.6 Å². The van der Waals surface area contributed by atoms with Crippen LogP contribution in [-0.2, 0) is 17.7 Å². The van der Waals surface area contributed by atoms with E-state index in [1.54, 1.807) is 0 Å². The summed E-state index contributed by atoms with van der Waals surface area (Å²) in [5, 5.41) is 4.84. The Morgan fingerprint density at radius 3 is 2.62 bits per heavy atom. The first-order chi connectivity index (χ1) is 10.3. The summed E-state index contributed by atoms with van der Waals surface area (Å²) in [6, 6.07) is 0.761. The summed E-state index contributed by atoms with van der Waals surface area (Å²) in [7, 11) is 1.86. The lowest BCUT2D eigenvalue weighted by molar-refractivity contribution is 0.0351. The minimum Gasteiger partial charge on any atom is -0.374 e. The second-order valence-electron chi connectivity index (χ2n) is 6.49. The Morgan fingerprint density at radius 2 is 2.00 bits per heavy atom. The summed E-state index contributed by atoms with van der Waals surface area (Å²) >= 11 is 1.88. The molecule has 1 heterocycles. The van der Waals surface area contributed by atoms with Crippen LogP contribution < -0.4 is 5.32 Å². The third-order valence-corrected chi connectivity index (χ3v) is 5.99. The highest BCUT2D eigenvalue weighted by Gasteiger charge is 2.29. The molecule has 2 aliphatic carbocycles. The van der Waals surface area contributed by atoms with Crippen LogP contribution in [0.15, 0.2) is 0 Å². The Hall–Kier alpha value is -0.450. The number of methoxy groups -OCH3 is 1. The van der Waals surface area contributed by atoms with E-state index in [-0.39, 0.29) is 6.10 Å². The van der Waals surface area contributed by atoms with Crippen molar-refractivity contribution in [1.29, 1.82) is 0 Å². The molecule has 1 N–H and O–H groups in total. The molecule has 21 heavy (non-hydrogen) atoms. The van der Waals surface area contributed by atoms with Crippen molar-refractivity contribution in [1.82, 2.24) is 10.3 Å². The van der Waals surface area contributed by atoms with Crippen molar-refractivity contribution in [3.63, 3.8) is 0 Å². The fourth-order valence-corrected chi connectivity index (χ4v) is 4.67. The molecule has 0 spiro atoms. The number of thiazole rings is 1.